The van der Waals surface area contributed by atoms with Crippen LogP contribution in [0.3, 0.4) is 0 Å². The first-order valence-corrected chi connectivity index (χ1v) is 9.32. The van der Waals surface area contributed by atoms with Gasteiger partial charge in [0.2, 0.25) is 0 Å². The molecule has 136 valence electrons. The fourth-order valence-corrected chi connectivity index (χ4v) is 3.94. The van der Waals surface area contributed by atoms with Crippen molar-refractivity contribution in [2.24, 2.45) is 0 Å². The lowest BCUT2D eigenvalue weighted by Gasteiger charge is -2.30. The molecule has 1 aliphatic rings. The maximum atomic E-state index is 11.7. The molecule has 0 radical (unpaired) electrons. The fraction of sp³-hybridized carbons (Fsp3) is 0.286. The quantitative estimate of drug-likeness (QED) is 0.514. The fourth-order valence-electron chi connectivity index (χ4n) is 3.94. The van der Waals surface area contributed by atoms with Crippen molar-refractivity contribution in [2.45, 2.75) is 26.4 Å². The predicted octanol–water partition coefficient (Wildman–Crippen LogP) is 3.06. The second-order valence-electron chi connectivity index (χ2n) is 7.27. The first-order chi connectivity index (χ1) is 13.2. The molecule has 27 heavy (non-hydrogen) atoms. The van der Waals surface area contributed by atoms with Crippen molar-refractivity contribution in [3.05, 3.63) is 65.1 Å². The molecular weight excluding hydrogens is 338 g/mol. The second kappa shape index (κ2) is 6.32. The minimum atomic E-state index is 0.665. The Morgan fingerprint density at radius 1 is 1.00 bits per heavy atom. The number of aromatic nitrogens is 4. The van der Waals surface area contributed by atoms with E-state index in [0.29, 0.717) is 12.2 Å². The van der Waals surface area contributed by atoms with Crippen LogP contribution in [0.25, 0.3) is 16.7 Å². The Labute approximate surface area is 157 Å². The highest BCUT2D eigenvalue weighted by molar-refractivity contribution is 5.88. The Morgan fingerprint density at radius 2 is 1.81 bits per heavy atom. The number of likely N-dealkylation sites (tertiary alicyclic amines) is 1. The van der Waals surface area contributed by atoms with Crippen LogP contribution in [-0.2, 0) is 13.1 Å². The maximum absolute atomic E-state index is 11.7. The molecule has 4 aromatic rings. The monoisotopic (exact) mass is 359 g/mol. The van der Waals surface area contributed by atoms with E-state index in [1.165, 1.54) is 30.6 Å². The lowest BCUT2D eigenvalue weighted by molar-refractivity contribution is 0.111. The molecule has 1 aromatic carbocycles. The van der Waals surface area contributed by atoms with Crippen LogP contribution in [0.15, 0.2) is 42.5 Å². The second-order valence-corrected chi connectivity index (χ2v) is 7.27. The normalized spacial score (nSPS) is 14.7. The highest BCUT2D eigenvalue weighted by Gasteiger charge is 2.15. The van der Waals surface area contributed by atoms with E-state index >= 15 is 0 Å². The standard InChI is InChI=1S/C21H21N5O/c1-15-22-23-21-7-6-19-20(26(15)21)11-18(14-27)25(19)13-17-5-2-4-16(10-17)12-24-8-3-9-24/h2,4-7,10-11,14H,3,8-9,12-13H2,1H3. The number of hydrogen-bond acceptors (Lipinski definition) is 4. The number of fused-ring (bicyclic) bond motifs is 3. The molecule has 0 aliphatic carbocycles. The third kappa shape index (κ3) is 2.73. The zero-order chi connectivity index (χ0) is 18.4. The summed E-state index contributed by atoms with van der Waals surface area (Å²) in [6, 6.07) is 14.6. The highest BCUT2D eigenvalue weighted by atomic mass is 16.1. The molecule has 1 saturated heterocycles. The predicted molar refractivity (Wildman–Crippen MR) is 104 cm³/mol. The van der Waals surface area contributed by atoms with Crippen LogP contribution < -0.4 is 0 Å². The third-order valence-corrected chi connectivity index (χ3v) is 5.44. The molecule has 0 bridgehead atoms. The van der Waals surface area contributed by atoms with Crippen LogP contribution in [0.4, 0.5) is 0 Å². The average molecular weight is 359 g/mol. The summed E-state index contributed by atoms with van der Waals surface area (Å²) < 4.78 is 4.07. The van der Waals surface area contributed by atoms with Crippen LogP contribution in [-0.4, -0.2) is 43.4 Å². The van der Waals surface area contributed by atoms with Crippen molar-refractivity contribution < 1.29 is 4.79 Å². The summed E-state index contributed by atoms with van der Waals surface area (Å²) in [6.45, 7) is 5.97. The molecule has 4 heterocycles. The summed E-state index contributed by atoms with van der Waals surface area (Å²) in [5, 5.41) is 8.34. The molecule has 0 atom stereocenters. The largest absolute Gasteiger partial charge is 0.333 e. The summed E-state index contributed by atoms with van der Waals surface area (Å²) in [6.07, 6.45) is 2.23. The molecule has 0 spiro atoms. The Kier molecular flexibility index (Phi) is 3.79. The van der Waals surface area contributed by atoms with Gasteiger partial charge < -0.3 is 4.57 Å². The van der Waals surface area contributed by atoms with Gasteiger partial charge >= 0.3 is 0 Å². The molecule has 0 amide bonds. The molecule has 3 aromatic heterocycles. The minimum Gasteiger partial charge on any atom is -0.333 e. The van der Waals surface area contributed by atoms with Gasteiger partial charge in [0.05, 0.1) is 16.7 Å². The number of hydrogen-bond donors (Lipinski definition) is 0. The van der Waals surface area contributed by atoms with E-state index in [0.717, 1.165) is 35.3 Å². The van der Waals surface area contributed by atoms with Gasteiger partial charge in [0.15, 0.2) is 11.9 Å². The summed E-state index contributed by atoms with van der Waals surface area (Å²) in [7, 11) is 0. The van der Waals surface area contributed by atoms with E-state index in [4.69, 9.17) is 0 Å². The van der Waals surface area contributed by atoms with Gasteiger partial charge in [-0.3, -0.25) is 14.1 Å². The number of carbonyl (C=O) groups is 1. The lowest BCUT2D eigenvalue weighted by Crippen LogP contribution is -2.36. The maximum Gasteiger partial charge on any atom is 0.166 e. The highest BCUT2D eigenvalue weighted by Crippen LogP contribution is 2.23. The Bertz CT molecular complexity index is 1150. The van der Waals surface area contributed by atoms with Crippen molar-refractivity contribution in [3.63, 3.8) is 0 Å². The van der Waals surface area contributed by atoms with Gasteiger partial charge in [-0.2, -0.15) is 0 Å². The Morgan fingerprint density at radius 3 is 2.56 bits per heavy atom. The molecule has 1 fully saturated rings. The molecule has 0 unspecified atom stereocenters. The van der Waals surface area contributed by atoms with Gasteiger partial charge in [0, 0.05) is 13.1 Å². The topological polar surface area (TPSA) is 55.4 Å². The molecule has 1 aliphatic heterocycles. The summed E-state index contributed by atoms with van der Waals surface area (Å²) >= 11 is 0. The molecule has 0 N–H and O–H groups in total. The van der Waals surface area contributed by atoms with Gasteiger partial charge in [-0.25, -0.2) is 0 Å². The van der Waals surface area contributed by atoms with Crippen LogP contribution in [0.1, 0.15) is 33.9 Å². The number of aldehydes is 1. The summed E-state index contributed by atoms with van der Waals surface area (Å²) in [5.41, 5.74) is 5.97. The summed E-state index contributed by atoms with van der Waals surface area (Å²) in [4.78, 5) is 14.2. The smallest absolute Gasteiger partial charge is 0.166 e. The molecule has 6 heteroatoms. The van der Waals surface area contributed by atoms with Gasteiger partial charge in [0.1, 0.15) is 5.82 Å². The van der Waals surface area contributed by atoms with E-state index in [2.05, 4.69) is 43.9 Å². The molecule has 0 saturated carbocycles. The van der Waals surface area contributed by atoms with Crippen LogP contribution in [0.5, 0.6) is 0 Å². The van der Waals surface area contributed by atoms with Crippen LogP contribution in [0, 0.1) is 6.92 Å². The van der Waals surface area contributed by atoms with Gasteiger partial charge in [-0.1, -0.05) is 24.3 Å². The SMILES string of the molecule is Cc1nnc2ccc3c(cc(C=O)n3Cc3cccc(CN4CCC4)c3)n12. The van der Waals surface area contributed by atoms with Crippen molar-refractivity contribution in [1.29, 1.82) is 0 Å². The number of pyridine rings is 1. The van der Waals surface area contributed by atoms with Crippen molar-refractivity contribution in [1.82, 2.24) is 24.1 Å². The van der Waals surface area contributed by atoms with E-state index in [1.807, 2.05) is 29.5 Å². The molecular formula is C21H21N5O. The van der Waals surface area contributed by atoms with Crippen molar-refractivity contribution in [3.8, 4) is 0 Å². The van der Waals surface area contributed by atoms with Crippen LogP contribution >= 0.6 is 0 Å². The van der Waals surface area contributed by atoms with Crippen molar-refractivity contribution in [2.75, 3.05) is 13.1 Å². The Balaban J connectivity index is 1.56. The number of aryl methyl sites for hydroxylation is 1. The number of benzene rings is 1. The number of carbonyl (C=O) groups excluding carboxylic acids is 1. The molecule has 6 nitrogen and oxygen atoms in total. The molecule has 5 rings (SSSR count). The first-order valence-electron chi connectivity index (χ1n) is 9.32. The first kappa shape index (κ1) is 16.2. The number of rotatable bonds is 5. The average Bonchev–Trinajstić information content (AvgIpc) is 3.19. The third-order valence-electron chi connectivity index (χ3n) is 5.44. The van der Waals surface area contributed by atoms with E-state index in [-0.39, 0.29) is 0 Å². The van der Waals surface area contributed by atoms with E-state index in [9.17, 15) is 4.79 Å². The zero-order valence-electron chi connectivity index (χ0n) is 15.3. The summed E-state index contributed by atoms with van der Waals surface area (Å²) in [5.74, 6) is 0.821. The minimum absolute atomic E-state index is 0.665. The Hall–Kier alpha value is -2.99. The van der Waals surface area contributed by atoms with Gasteiger partial charge in [-0.15, -0.1) is 10.2 Å². The van der Waals surface area contributed by atoms with Gasteiger partial charge in [-0.05, 0) is 55.8 Å². The van der Waals surface area contributed by atoms with Crippen LogP contribution in [0.2, 0.25) is 0 Å². The lowest BCUT2D eigenvalue weighted by atomic mass is 10.1. The van der Waals surface area contributed by atoms with E-state index < -0.39 is 0 Å². The van der Waals surface area contributed by atoms with Crippen molar-refractivity contribution >= 4 is 23.0 Å². The van der Waals surface area contributed by atoms with Gasteiger partial charge in [0.25, 0.3) is 0 Å². The number of nitrogens with zero attached hydrogens (tertiary/aromatic N) is 5. The van der Waals surface area contributed by atoms with E-state index in [1.54, 1.807) is 0 Å². The zero-order valence-corrected chi connectivity index (χ0v) is 15.3.